The predicted octanol–water partition coefficient (Wildman–Crippen LogP) is 2.63. The van der Waals surface area contributed by atoms with Crippen LogP contribution in [0.2, 0.25) is 0 Å². The van der Waals surface area contributed by atoms with Gasteiger partial charge in [0.25, 0.3) is 0 Å². The maximum Gasteiger partial charge on any atom is 0.249 e. The maximum absolute atomic E-state index is 11.0. The Morgan fingerprint density at radius 1 is 1.31 bits per heavy atom. The van der Waals surface area contributed by atoms with Crippen molar-refractivity contribution >= 4 is 33.7 Å². The molecule has 1 rings (SSSR count). The fourth-order valence-electron chi connectivity index (χ4n) is 1.68. The van der Waals surface area contributed by atoms with E-state index in [2.05, 4.69) is 0 Å². The van der Waals surface area contributed by atoms with Crippen molar-refractivity contribution in [1.82, 2.24) is 0 Å². The van der Waals surface area contributed by atoms with Crippen molar-refractivity contribution < 1.29 is 9.59 Å². The zero-order valence-corrected chi connectivity index (χ0v) is 8.78. The van der Waals surface area contributed by atoms with Crippen LogP contribution in [0.3, 0.4) is 0 Å². The molecule has 72 valence electrons. The van der Waals surface area contributed by atoms with E-state index in [0.717, 1.165) is 12.8 Å². The highest BCUT2D eigenvalue weighted by atomic mass is 35.5. The Morgan fingerprint density at radius 3 is 2.31 bits per heavy atom. The van der Waals surface area contributed by atoms with Crippen LogP contribution in [-0.4, -0.2) is 10.5 Å². The highest BCUT2D eigenvalue weighted by Crippen LogP contribution is 2.32. The Balaban J connectivity index is 3.11. The zero-order chi connectivity index (χ0) is 10.0. The van der Waals surface area contributed by atoms with E-state index in [9.17, 15) is 9.59 Å². The van der Waals surface area contributed by atoms with Gasteiger partial charge < -0.3 is 0 Å². The van der Waals surface area contributed by atoms with Crippen molar-refractivity contribution in [3.05, 3.63) is 11.1 Å². The van der Waals surface area contributed by atoms with Crippen LogP contribution in [0.4, 0.5) is 0 Å². The molecule has 0 fully saturated rings. The molecule has 2 nitrogen and oxygen atoms in total. The Labute approximate surface area is 86.9 Å². The number of halogens is 2. The lowest BCUT2D eigenvalue weighted by Crippen LogP contribution is -2.16. The molecule has 0 bridgehead atoms. The van der Waals surface area contributed by atoms with E-state index in [1.54, 1.807) is 0 Å². The number of allylic oxidation sites excluding steroid dienone is 2. The van der Waals surface area contributed by atoms with E-state index in [1.165, 1.54) is 0 Å². The molecule has 1 aliphatic rings. The molecule has 0 radical (unpaired) electrons. The molecule has 0 amide bonds. The van der Waals surface area contributed by atoms with Gasteiger partial charge in [0, 0.05) is 11.1 Å². The predicted molar refractivity (Wildman–Crippen MR) is 51.8 cm³/mol. The quantitative estimate of drug-likeness (QED) is 0.671. The van der Waals surface area contributed by atoms with E-state index >= 15 is 0 Å². The molecule has 0 spiro atoms. The molecule has 0 heterocycles. The largest absolute Gasteiger partial charge is 0.276 e. The van der Waals surface area contributed by atoms with E-state index in [1.807, 2.05) is 6.92 Å². The average Bonchev–Trinajstić information content (AvgIpc) is 2.02. The monoisotopic (exact) mass is 220 g/mol. The third-order valence-corrected chi connectivity index (χ3v) is 2.76. The number of carbonyl (C=O) groups is 2. The number of rotatable bonds is 2. The van der Waals surface area contributed by atoms with Gasteiger partial charge in [0.1, 0.15) is 0 Å². The van der Waals surface area contributed by atoms with Crippen molar-refractivity contribution in [2.45, 2.75) is 26.2 Å². The SMILES string of the molecule is CC1CCCC(C(=O)Cl)=C1C(=O)Cl. The van der Waals surface area contributed by atoms with Crippen LogP contribution >= 0.6 is 23.2 Å². The van der Waals surface area contributed by atoms with Crippen molar-refractivity contribution in [2.24, 2.45) is 5.92 Å². The van der Waals surface area contributed by atoms with Gasteiger partial charge >= 0.3 is 0 Å². The highest BCUT2D eigenvalue weighted by molar-refractivity contribution is 6.71. The van der Waals surface area contributed by atoms with Gasteiger partial charge in [-0.05, 0) is 48.4 Å². The van der Waals surface area contributed by atoms with Gasteiger partial charge in [0.15, 0.2) is 0 Å². The molecule has 1 atom stereocenters. The first-order valence-electron chi connectivity index (χ1n) is 4.16. The second kappa shape index (κ2) is 4.25. The van der Waals surface area contributed by atoms with Crippen LogP contribution in [0.5, 0.6) is 0 Å². The lowest BCUT2D eigenvalue weighted by molar-refractivity contribution is -0.111. The molecule has 0 aromatic rings. The third-order valence-electron chi connectivity index (χ3n) is 2.33. The molecule has 1 unspecified atom stereocenters. The summed E-state index contributed by atoms with van der Waals surface area (Å²) >= 11 is 10.7. The Hall–Kier alpha value is -0.340. The minimum atomic E-state index is -0.546. The minimum absolute atomic E-state index is 0.0523. The van der Waals surface area contributed by atoms with Gasteiger partial charge in [-0.25, -0.2) is 0 Å². The standard InChI is InChI=1S/C9H10Cl2O2/c1-5-3-2-4-6(8(10)12)7(5)9(11)13/h5H,2-4H2,1H3. The Kier molecular flexibility index (Phi) is 3.51. The van der Waals surface area contributed by atoms with Gasteiger partial charge in [0.2, 0.25) is 10.5 Å². The lowest BCUT2D eigenvalue weighted by Gasteiger charge is -2.21. The zero-order valence-electron chi connectivity index (χ0n) is 7.27. The van der Waals surface area contributed by atoms with E-state index in [-0.39, 0.29) is 5.92 Å². The fraction of sp³-hybridized carbons (Fsp3) is 0.556. The van der Waals surface area contributed by atoms with E-state index < -0.39 is 10.5 Å². The molecular formula is C9H10Cl2O2. The Morgan fingerprint density at radius 2 is 1.92 bits per heavy atom. The van der Waals surface area contributed by atoms with Crippen LogP contribution in [0.1, 0.15) is 26.2 Å². The van der Waals surface area contributed by atoms with Crippen molar-refractivity contribution in [1.29, 1.82) is 0 Å². The van der Waals surface area contributed by atoms with Gasteiger partial charge in [-0.15, -0.1) is 0 Å². The summed E-state index contributed by atoms with van der Waals surface area (Å²) in [7, 11) is 0. The maximum atomic E-state index is 11.0. The molecule has 0 saturated carbocycles. The molecule has 4 heteroatoms. The molecule has 0 N–H and O–H groups in total. The van der Waals surface area contributed by atoms with Crippen molar-refractivity contribution in [2.75, 3.05) is 0 Å². The van der Waals surface area contributed by atoms with Gasteiger partial charge in [-0.2, -0.15) is 0 Å². The van der Waals surface area contributed by atoms with Crippen LogP contribution in [0.25, 0.3) is 0 Å². The summed E-state index contributed by atoms with van der Waals surface area (Å²) in [6.07, 6.45) is 2.35. The van der Waals surface area contributed by atoms with Crippen molar-refractivity contribution in [3.8, 4) is 0 Å². The van der Waals surface area contributed by atoms with Crippen LogP contribution < -0.4 is 0 Å². The smallest absolute Gasteiger partial charge is 0.249 e. The second-order valence-corrected chi connectivity index (χ2v) is 3.92. The number of carbonyl (C=O) groups excluding carboxylic acids is 2. The molecule has 13 heavy (non-hydrogen) atoms. The summed E-state index contributed by atoms with van der Waals surface area (Å²) in [6, 6.07) is 0. The van der Waals surface area contributed by atoms with Crippen LogP contribution in [0, 0.1) is 5.92 Å². The summed E-state index contributed by atoms with van der Waals surface area (Å²) in [4.78, 5) is 22.0. The fourth-order valence-corrected chi connectivity index (χ4v) is 2.17. The molecule has 0 saturated heterocycles. The van der Waals surface area contributed by atoms with Crippen molar-refractivity contribution in [3.63, 3.8) is 0 Å². The summed E-state index contributed by atoms with van der Waals surface area (Å²) < 4.78 is 0. The van der Waals surface area contributed by atoms with E-state index in [0.29, 0.717) is 17.6 Å². The second-order valence-electron chi connectivity index (χ2n) is 3.23. The summed E-state index contributed by atoms with van der Waals surface area (Å²) in [5.74, 6) is 0.0523. The van der Waals surface area contributed by atoms with E-state index in [4.69, 9.17) is 23.2 Å². The molecule has 0 aliphatic heterocycles. The molecular weight excluding hydrogens is 211 g/mol. The molecule has 0 aromatic carbocycles. The first-order valence-corrected chi connectivity index (χ1v) is 4.92. The first-order chi connectivity index (χ1) is 6.04. The summed E-state index contributed by atoms with van der Waals surface area (Å²) in [5.41, 5.74) is 0.813. The van der Waals surface area contributed by atoms with Gasteiger partial charge in [0.05, 0.1) is 0 Å². The first kappa shape index (κ1) is 10.7. The third kappa shape index (κ3) is 2.32. The number of hydrogen-bond donors (Lipinski definition) is 0. The van der Waals surface area contributed by atoms with Crippen LogP contribution in [0.15, 0.2) is 11.1 Å². The minimum Gasteiger partial charge on any atom is -0.276 e. The van der Waals surface area contributed by atoms with Gasteiger partial charge in [-0.3, -0.25) is 9.59 Å². The normalized spacial score (nSPS) is 23.2. The lowest BCUT2D eigenvalue weighted by atomic mass is 9.85. The van der Waals surface area contributed by atoms with Crippen LogP contribution in [-0.2, 0) is 9.59 Å². The summed E-state index contributed by atoms with van der Waals surface area (Å²) in [5, 5.41) is -1.09. The number of hydrogen-bond acceptors (Lipinski definition) is 2. The topological polar surface area (TPSA) is 34.1 Å². The summed E-state index contributed by atoms with van der Waals surface area (Å²) in [6.45, 7) is 1.88. The highest BCUT2D eigenvalue weighted by Gasteiger charge is 2.26. The molecule has 0 aromatic heterocycles. The Bertz CT molecular complexity index is 281. The average molecular weight is 221 g/mol. The van der Waals surface area contributed by atoms with Gasteiger partial charge in [-0.1, -0.05) is 6.92 Å². The molecule has 1 aliphatic carbocycles.